The van der Waals surface area contributed by atoms with Crippen molar-refractivity contribution in [3.8, 4) is 5.75 Å². The number of carbonyl (C=O) groups excluding carboxylic acids is 2. The molecule has 9 nitrogen and oxygen atoms in total. The second-order valence-electron chi connectivity index (χ2n) is 5.95. The summed E-state index contributed by atoms with van der Waals surface area (Å²) in [7, 11) is 1.32. The van der Waals surface area contributed by atoms with E-state index in [1.807, 2.05) is 0 Å². The van der Waals surface area contributed by atoms with Crippen molar-refractivity contribution in [3.05, 3.63) is 87.9 Å². The van der Waals surface area contributed by atoms with E-state index in [1.165, 1.54) is 31.6 Å². The maximum atomic E-state index is 12.3. The molecule has 0 radical (unpaired) electrons. The first-order chi connectivity index (χ1) is 14.0. The Hall–Kier alpha value is -4.14. The topological polar surface area (TPSA) is 124 Å². The van der Waals surface area contributed by atoms with Gasteiger partial charge in [0.25, 0.3) is 11.8 Å². The second kappa shape index (κ2) is 8.70. The van der Waals surface area contributed by atoms with Crippen LogP contribution in [-0.2, 0) is 6.54 Å². The number of nitrogens with zero attached hydrogens (tertiary/aromatic N) is 1. The van der Waals surface area contributed by atoms with Gasteiger partial charge in [0.2, 0.25) is 0 Å². The molecule has 0 aliphatic carbocycles. The van der Waals surface area contributed by atoms with Crippen molar-refractivity contribution in [2.75, 3.05) is 12.4 Å². The van der Waals surface area contributed by atoms with E-state index in [1.54, 1.807) is 36.4 Å². The van der Waals surface area contributed by atoms with Crippen molar-refractivity contribution in [1.82, 2.24) is 5.32 Å². The van der Waals surface area contributed by atoms with Crippen molar-refractivity contribution in [3.63, 3.8) is 0 Å². The number of methoxy groups -OCH3 is 1. The Labute approximate surface area is 165 Å². The van der Waals surface area contributed by atoms with Crippen LogP contribution in [0.2, 0.25) is 0 Å². The molecule has 0 aliphatic rings. The molecule has 148 valence electrons. The van der Waals surface area contributed by atoms with E-state index in [0.717, 1.165) is 5.56 Å². The number of nitro benzene ring substituents is 1. The molecule has 0 fully saturated rings. The normalized spacial score (nSPS) is 10.2. The van der Waals surface area contributed by atoms with Crippen molar-refractivity contribution >= 4 is 23.2 Å². The number of hydrogen-bond acceptors (Lipinski definition) is 6. The van der Waals surface area contributed by atoms with E-state index in [-0.39, 0.29) is 35.2 Å². The lowest BCUT2D eigenvalue weighted by atomic mass is 10.1. The van der Waals surface area contributed by atoms with Gasteiger partial charge in [-0.2, -0.15) is 0 Å². The van der Waals surface area contributed by atoms with Crippen LogP contribution in [0, 0.1) is 10.1 Å². The molecule has 3 aromatic rings. The summed E-state index contributed by atoms with van der Waals surface area (Å²) in [5.74, 6) is -0.531. The van der Waals surface area contributed by atoms with Crippen LogP contribution in [0.5, 0.6) is 5.75 Å². The van der Waals surface area contributed by atoms with E-state index in [0.29, 0.717) is 5.69 Å². The molecular formula is C20H17N3O6. The van der Waals surface area contributed by atoms with Crippen LogP contribution in [0.15, 0.2) is 65.3 Å². The highest BCUT2D eigenvalue weighted by atomic mass is 16.6. The highest BCUT2D eigenvalue weighted by Gasteiger charge is 2.18. The number of rotatable bonds is 7. The van der Waals surface area contributed by atoms with Gasteiger partial charge in [-0.25, -0.2) is 0 Å². The van der Waals surface area contributed by atoms with Crippen molar-refractivity contribution in [2.45, 2.75) is 6.54 Å². The molecule has 29 heavy (non-hydrogen) atoms. The van der Waals surface area contributed by atoms with Gasteiger partial charge in [-0.3, -0.25) is 19.7 Å². The minimum Gasteiger partial charge on any atom is -0.490 e. The molecule has 9 heteroatoms. The standard InChI is InChI=1S/C20H17N3O6/c1-28-17-9-6-14(11-16(17)23(26)27)19(24)21-12-13-4-7-15(8-5-13)22-20(25)18-3-2-10-29-18/h2-11H,12H2,1H3,(H,21,24)(H,22,25). The lowest BCUT2D eigenvalue weighted by Crippen LogP contribution is -2.22. The largest absolute Gasteiger partial charge is 0.490 e. The quantitative estimate of drug-likeness (QED) is 0.467. The van der Waals surface area contributed by atoms with Gasteiger partial charge in [0.1, 0.15) is 0 Å². The van der Waals surface area contributed by atoms with Gasteiger partial charge in [-0.1, -0.05) is 12.1 Å². The van der Waals surface area contributed by atoms with E-state index in [9.17, 15) is 19.7 Å². The Balaban J connectivity index is 1.60. The SMILES string of the molecule is COc1ccc(C(=O)NCc2ccc(NC(=O)c3ccco3)cc2)cc1[N+](=O)[O-]. The zero-order valence-electron chi connectivity index (χ0n) is 15.4. The molecule has 0 bridgehead atoms. The lowest BCUT2D eigenvalue weighted by molar-refractivity contribution is -0.385. The Morgan fingerprint density at radius 1 is 1.10 bits per heavy atom. The van der Waals surface area contributed by atoms with Gasteiger partial charge >= 0.3 is 5.69 Å². The number of furan rings is 1. The third-order valence-corrected chi connectivity index (χ3v) is 4.05. The number of nitro groups is 1. The van der Waals surface area contributed by atoms with Gasteiger partial charge in [0, 0.05) is 23.9 Å². The number of ether oxygens (including phenoxy) is 1. The van der Waals surface area contributed by atoms with Crippen LogP contribution in [0.1, 0.15) is 26.5 Å². The van der Waals surface area contributed by atoms with E-state index in [2.05, 4.69) is 10.6 Å². The molecule has 2 aromatic carbocycles. The van der Waals surface area contributed by atoms with Crippen molar-refractivity contribution < 1.29 is 23.7 Å². The monoisotopic (exact) mass is 395 g/mol. The Bertz CT molecular complexity index is 1030. The fraction of sp³-hybridized carbons (Fsp3) is 0.100. The molecular weight excluding hydrogens is 378 g/mol. The Kier molecular flexibility index (Phi) is 5.88. The highest BCUT2D eigenvalue weighted by molar-refractivity contribution is 6.02. The Morgan fingerprint density at radius 3 is 2.48 bits per heavy atom. The van der Waals surface area contributed by atoms with Crippen LogP contribution in [-0.4, -0.2) is 23.8 Å². The van der Waals surface area contributed by atoms with Crippen LogP contribution in [0.4, 0.5) is 11.4 Å². The Morgan fingerprint density at radius 2 is 1.86 bits per heavy atom. The third kappa shape index (κ3) is 4.78. The molecule has 0 saturated heterocycles. The van der Waals surface area contributed by atoms with E-state index >= 15 is 0 Å². The van der Waals surface area contributed by atoms with Gasteiger partial charge in [-0.15, -0.1) is 0 Å². The minimum atomic E-state index is -0.606. The zero-order valence-corrected chi connectivity index (χ0v) is 15.4. The van der Waals surface area contributed by atoms with Crippen LogP contribution in [0.25, 0.3) is 0 Å². The summed E-state index contributed by atoms with van der Waals surface area (Å²) in [6.07, 6.45) is 1.41. The fourth-order valence-electron chi connectivity index (χ4n) is 2.56. The fourth-order valence-corrected chi connectivity index (χ4v) is 2.56. The number of anilines is 1. The summed E-state index contributed by atoms with van der Waals surface area (Å²) in [4.78, 5) is 34.7. The number of carbonyl (C=O) groups is 2. The predicted octanol–water partition coefficient (Wildman–Crippen LogP) is 3.38. The number of amides is 2. The summed E-state index contributed by atoms with van der Waals surface area (Å²) in [5.41, 5.74) is 1.24. The molecule has 3 rings (SSSR count). The van der Waals surface area contributed by atoms with E-state index < -0.39 is 10.8 Å². The summed E-state index contributed by atoms with van der Waals surface area (Å²) in [6.45, 7) is 0.213. The molecule has 0 aliphatic heterocycles. The average Bonchev–Trinajstić information content (AvgIpc) is 3.27. The van der Waals surface area contributed by atoms with Crippen molar-refractivity contribution in [1.29, 1.82) is 0 Å². The maximum Gasteiger partial charge on any atom is 0.311 e. The number of benzene rings is 2. The number of nitrogens with one attached hydrogen (secondary N) is 2. The first-order valence-electron chi connectivity index (χ1n) is 8.52. The van der Waals surface area contributed by atoms with Crippen LogP contribution < -0.4 is 15.4 Å². The molecule has 0 saturated carbocycles. The summed E-state index contributed by atoms with van der Waals surface area (Å²) < 4.78 is 9.95. The summed E-state index contributed by atoms with van der Waals surface area (Å²) >= 11 is 0. The molecule has 0 spiro atoms. The average molecular weight is 395 g/mol. The molecule has 2 N–H and O–H groups in total. The van der Waals surface area contributed by atoms with E-state index in [4.69, 9.17) is 9.15 Å². The molecule has 2 amide bonds. The lowest BCUT2D eigenvalue weighted by Gasteiger charge is -2.08. The maximum absolute atomic E-state index is 12.3. The first kappa shape index (κ1) is 19.6. The zero-order chi connectivity index (χ0) is 20.8. The van der Waals surface area contributed by atoms with Crippen LogP contribution >= 0.6 is 0 Å². The third-order valence-electron chi connectivity index (χ3n) is 4.05. The van der Waals surface area contributed by atoms with Crippen molar-refractivity contribution in [2.24, 2.45) is 0 Å². The summed E-state index contributed by atoms with van der Waals surface area (Å²) in [5, 5.41) is 16.5. The molecule has 0 unspecified atom stereocenters. The smallest absolute Gasteiger partial charge is 0.311 e. The van der Waals surface area contributed by atoms with Gasteiger partial charge in [-0.05, 0) is 42.0 Å². The van der Waals surface area contributed by atoms with Crippen LogP contribution in [0.3, 0.4) is 0 Å². The first-order valence-corrected chi connectivity index (χ1v) is 8.52. The summed E-state index contributed by atoms with van der Waals surface area (Å²) in [6, 6.07) is 14.1. The highest BCUT2D eigenvalue weighted by Crippen LogP contribution is 2.27. The second-order valence-corrected chi connectivity index (χ2v) is 5.95. The molecule has 1 heterocycles. The minimum absolute atomic E-state index is 0.0822. The predicted molar refractivity (Wildman–Crippen MR) is 104 cm³/mol. The molecule has 1 aromatic heterocycles. The van der Waals surface area contributed by atoms with Gasteiger partial charge in [0.15, 0.2) is 11.5 Å². The molecule has 0 atom stereocenters. The number of hydrogen-bond donors (Lipinski definition) is 2. The van der Waals surface area contributed by atoms with Gasteiger partial charge in [0.05, 0.1) is 18.3 Å². The van der Waals surface area contributed by atoms with Gasteiger partial charge < -0.3 is 19.8 Å².